The predicted octanol–water partition coefficient (Wildman–Crippen LogP) is 0.710. The van der Waals surface area contributed by atoms with Crippen LogP contribution >= 0.6 is 11.8 Å². The lowest BCUT2D eigenvalue weighted by Crippen LogP contribution is -2.30. The zero-order chi connectivity index (χ0) is 14.1. The van der Waals surface area contributed by atoms with E-state index in [1.54, 1.807) is 0 Å². The Morgan fingerprint density at radius 1 is 1.32 bits per heavy atom. The van der Waals surface area contributed by atoms with Gasteiger partial charge in [-0.2, -0.15) is 0 Å². The van der Waals surface area contributed by atoms with Crippen molar-refractivity contribution >= 4 is 23.6 Å². The third kappa shape index (κ3) is 6.68. The maximum atomic E-state index is 11.3. The molecule has 0 atom stereocenters. The van der Waals surface area contributed by atoms with Gasteiger partial charge < -0.3 is 10.5 Å². The first-order chi connectivity index (χ1) is 9.11. The second kappa shape index (κ2) is 8.39. The largest absolute Gasteiger partial charge is 0.494 e. The van der Waals surface area contributed by atoms with Crippen molar-refractivity contribution in [1.82, 2.24) is 5.48 Å². The molecule has 0 aliphatic heterocycles. The lowest BCUT2D eigenvalue weighted by Gasteiger charge is -2.05. The Hall–Kier alpha value is -1.73. The van der Waals surface area contributed by atoms with Crippen LogP contribution in [-0.4, -0.2) is 30.8 Å². The van der Waals surface area contributed by atoms with E-state index in [0.717, 1.165) is 10.6 Å². The minimum Gasteiger partial charge on any atom is -0.494 e. The fraction of sp³-hybridized carbons (Fsp3) is 0.333. The Morgan fingerprint density at radius 2 is 2.00 bits per heavy atom. The molecular weight excluding hydrogens is 268 g/mol. The van der Waals surface area contributed by atoms with E-state index in [2.05, 4.69) is 10.3 Å². The molecular formula is C12H16N2O4S. The van der Waals surface area contributed by atoms with Crippen LogP contribution in [0.3, 0.4) is 0 Å². The molecule has 0 saturated carbocycles. The molecule has 2 amide bonds. The van der Waals surface area contributed by atoms with Crippen LogP contribution in [0.5, 0.6) is 5.75 Å². The predicted molar refractivity (Wildman–Crippen MR) is 71.6 cm³/mol. The van der Waals surface area contributed by atoms with Gasteiger partial charge in [0.2, 0.25) is 5.91 Å². The smallest absolute Gasteiger partial charge is 0.253 e. The summed E-state index contributed by atoms with van der Waals surface area (Å²) in [4.78, 5) is 27.2. The minimum absolute atomic E-state index is 0.187. The van der Waals surface area contributed by atoms with E-state index in [0.29, 0.717) is 6.61 Å². The molecule has 0 bridgehead atoms. The van der Waals surface area contributed by atoms with Gasteiger partial charge in [-0.05, 0) is 31.2 Å². The number of ether oxygens (including phenoxy) is 1. The molecule has 0 spiro atoms. The highest BCUT2D eigenvalue weighted by atomic mass is 32.2. The minimum atomic E-state index is -0.639. The van der Waals surface area contributed by atoms with Crippen LogP contribution in [0.1, 0.15) is 6.92 Å². The highest BCUT2D eigenvalue weighted by molar-refractivity contribution is 8.00. The van der Waals surface area contributed by atoms with Gasteiger partial charge in [-0.3, -0.25) is 14.4 Å². The molecule has 0 saturated heterocycles. The molecule has 19 heavy (non-hydrogen) atoms. The van der Waals surface area contributed by atoms with E-state index >= 15 is 0 Å². The van der Waals surface area contributed by atoms with Crippen molar-refractivity contribution in [2.24, 2.45) is 5.73 Å². The highest BCUT2D eigenvalue weighted by Crippen LogP contribution is 2.21. The molecule has 0 aliphatic rings. The van der Waals surface area contributed by atoms with Crippen molar-refractivity contribution in [3.8, 4) is 5.75 Å². The van der Waals surface area contributed by atoms with Crippen LogP contribution in [0.4, 0.5) is 0 Å². The normalized spacial score (nSPS) is 9.95. The molecule has 7 heteroatoms. The van der Waals surface area contributed by atoms with Crippen LogP contribution in [0, 0.1) is 0 Å². The van der Waals surface area contributed by atoms with Crippen molar-refractivity contribution in [2.45, 2.75) is 11.8 Å². The van der Waals surface area contributed by atoms with Gasteiger partial charge in [-0.1, -0.05) is 0 Å². The van der Waals surface area contributed by atoms with Crippen molar-refractivity contribution < 1.29 is 19.2 Å². The second-order valence-corrected chi connectivity index (χ2v) is 4.52. The molecule has 0 unspecified atom stereocenters. The van der Waals surface area contributed by atoms with Crippen molar-refractivity contribution in [3.63, 3.8) is 0 Å². The SMILES string of the molecule is CCOc1ccc(SCC(=O)NOCC(N)=O)cc1. The average Bonchev–Trinajstić information content (AvgIpc) is 2.38. The van der Waals surface area contributed by atoms with Gasteiger partial charge in [0, 0.05) is 4.90 Å². The third-order valence-corrected chi connectivity index (χ3v) is 2.92. The zero-order valence-corrected chi connectivity index (χ0v) is 11.4. The number of nitrogens with two attached hydrogens (primary N) is 1. The molecule has 3 N–H and O–H groups in total. The van der Waals surface area contributed by atoms with Crippen molar-refractivity contribution in [3.05, 3.63) is 24.3 Å². The van der Waals surface area contributed by atoms with E-state index in [-0.39, 0.29) is 18.3 Å². The van der Waals surface area contributed by atoms with E-state index in [1.807, 2.05) is 31.2 Å². The lowest BCUT2D eigenvalue weighted by molar-refractivity contribution is -0.135. The number of hydrogen-bond acceptors (Lipinski definition) is 5. The molecule has 104 valence electrons. The second-order valence-electron chi connectivity index (χ2n) is 3.47. The summed E-state index contributed by atoms with van der Waals surface area (Å²) in [6, 6.07) is 7.42. The molecule has 0 aromatic heterocycles. The molecule has 1 aromatic rings. The number of primary amides is 1. The Morgan fingerprint density at radius 3 is 2.58 bits per heavy atom. The number of carbonyl (C=O) groups is 2. The number of hydrogen-bond donors (Lipinski definition) is 2. The zero-order valence-electron chi connectivity index (χ0n) is 10.5. The molecule has 6 nitrogen and oxygen atoms in total. The Balaban J connectivity index is 2.27. The summed E-state index contributed by atoms with van der Waals surface area (Å²) >= 11 is 1.35. The Kier molecular flexibility index (Phi) is 6.76. The molecule has 0 aliphatic carbocycles. The highest BCUT2D eigenvalue weighted by Gasteiger charge is 2.04. The molecule has 0 heterocycles. The van der Waals surface area contributed by atoms with Crippen molar-refractivity contribution in [2.75, 3.05) is 19.0 Å². The van der Waals surface area contributed by atoms with Crippen LogP contribution in [-0.2, 0) is 14.4 Å². The summed E-state index contributed by atoms with van der Waals surface area (Å²) in [7, 11) is 0. The van der Waals surface area contributed by atoms with Gasteiger partial charge in [-0.25, -0.2) is 5.48 Å². The Labute approximate surface area is 115 Å². The topological polar surface area (TPSA) is 90.7 Å². The lowest BCUT2D eigenvalue weighted by atomic mass is 10.3. The number of thioether (sulfide) groups is 1. The van der Waals surface area contributed by atoms with Crippen molar-refractivity contribution in [1.29, 1.82) is 0 Å². The standard InChI is InChI=1S/C12H16N2O4S/c1-2-17-9-3-5-10(6-4-9)19-8-12(16)14-18-7-11(13)15/h3-6H,2,7-8H2,1H3,(H2,13,15)(H,14,16). The average molecular weight is 284 g/mol. The third-order valence-electron chi connectivity index (χ3n) is 1.91. The number of rotatable bonds is 8. The van der Waals surface area contributed by atoms with E-state index in [1.165, 1.54) is 11.8 Å². The summed E-state index contributed by atoms with van der Waals surface area (Å²) in [5.74, 6) is 0.00733. The summed E-state index contributed by atoms with van der Waals surface area (Å²) in [5.41, 5.74) is 6.98. The van der Waals surface area contributed by atoms with Gasteiger partial charge in [0.05, 0.1) is 12.4 Å². The quantitative estimate of drug-likeness (QED) is 0.542. The molecule has 0 fully saturated rings. The first-order valence-electron chi connectivity index (χ1n) is 5.66. The van der Waals surface area contributed by atoms with Crippen LogP contribution in [0.25, 0.3) is 0 Å². The van der Waals surface area contributed by atoms with Gasteiger partial charge in [-0.15, -0.1) is 11.8 Å². The molecule has 1 aromatic carbocycles. The summed E-state index contributed by atoms with van der Waals surface area (Å²) in [5, 5.41) is 0. The fourth-order valence-corrected chi connectivity index (χ4v) is 1.85. The van der Waals surface area contributed by atoms with Gasteiger partial charge >= 0.3 is 0 Å². The maximum Gasteiger partial charge on any atom is 0.253 e. The monoisotopic (exact) mass is 284 g/mol. The summed E-state index contributed by atoms with van der Waals surface area (Å²) < 4.78 is 5.31. The van der Waals surface area contributed by atoms with Gasteiger partial charge in [0.25, 0.3) is 5.91 Å². The first kappa shape index (κ1) is 15.3. The number of carbonyl (C=O) groups excluding carboxylic acids is 2. The van der Waals surface area contributed by atoms with Crippen LogP contribution < -0.4 is 16.0 Å². The Bertz CT molecular complexity index is 422. The van der Waals surface area contributed by atoms with E-state index in [9.17, 15) is 9.59 Å². The molecule has 0 radical (unpaired) electrons. The maximum absolute atomic E-state index is 11.3. The number of amides is 2. The van der Waals surface area contributed by atoms with Crippen LogP contribution in [0.2, 0.25) is 0 Å². The summed E-state index contributed by atoms with van der Waals surface area (Å²) in [6.45, 7) is 2.20. The molecule has 1 rings (SSSR count). The van der Waals surface area contributed by atoms with Gasteiger partial charge in [0.15, 0.2) is 6.61 Å². The summed E-state index contributed by atoms with van der Waals surface area (Å²) in [6.07, 6.45) is 0. The van der Waals surface area contributed by atoms with Crippen LogP contribution in [0.15, 0.2) is 29.2 Å². The first-order valence-corrected chi connectivity index (χ1v) is 6.65. The number of benzene rings is 1. The van der Waals surface area contributed by atoms with Gasteiger partial charge in [0.1, 0.15) is 5.75 Å². The number of hydroxylamine groups is 1. The number of nitrogens with one attached hydrogen (secondary N) is 1. The fourth-order valence-electron chi connectivity index (χ4n) is 1.16. The van der Waals surface area contributed by atoms with E-state index in [4.69, 9.17) is 10.5 Å². The van der Waals surface area contributed by atoms with E-state index < -0.39 is 5.91 Å².